The molecule has 0 saturated carbocycles. The standard InChI is InChI=1S/C31H35NO7/c1-22(33)32-28-30(37-20-26-16-10-5-11-17-26)29(36-19-25-14-8-4-9-15-25)27(39-31(28)38-23(2)34)21-35-18-24-12-6-3-7-13-24/h3-17,27-31H,18-21H2,1-2H3,(H,32,33)/t27?,28?,29-,30+,31+/m1/s1. The van der Waals surface area contributed by atoms with Gasteiger partial charge in [-0.1, -0.05) is 91.0 Å². The van der Waals surface area contributed by atoms with Crippen LogP contribution in [0.25, 0.3) is 0 Å². The first kappa shape index (κ1) is 28.4. The van der Waals surface area contributed by atoms with Crippen LogP contribution >= 0.6 is 0 Å². The molecule has 39 heavy (non-hydrogen) atoms. The van der Waals surface area contributed by atoms with Crippen molar-refractivity contribution >= 4 is 11.9 Å². The number of ether oxygens (including phenoxy) is 5. The average molecular weight is 534 g/mol. The number of esters is 1. The summed E-state index contributed by atoms with van der Waals surface area (Å²) in [7, 11) is 0. The van der Waals surface area contributed by atoms with Gasteiger partial charge in [-0.3, -0.25) is 9.59 Å². The van der Waals surface area contributed by atoms with E-state index >= 15 is 0 Å². The molecule has 5 atom stereocenters. The fourth-order valence-electron chi connectivity index (χ4n) is 4.49. The van der Waals surface area contributed by atoms with Crippen LogP contribution in [-0.2, 0) is 53.1 Å². The first-order valence-electron chi connectivity index (χ1n) is 13.0. The molecule has 3 aromatic carbocycles. The van der Waals surface area contributed by atoms with E-state index in [0.717, 1.165) is 16.7 Å². The van der Waals surface area contributed by atoms with Crippen molar-refractivity contribution in [3.8, 4) is 0 Å². The van der Waals surface area contributed by atoms with Crippen LogP contribution in [-0.4, -0.2) is 49.1 Å². The van der Waals surface area contributed by atoms with Gasteiger partial charge in [-0.05, 0) is 16.7 Å². The molecule has 0 radical (unpaired) electrons. The lowest BCUT2D eigenvalue weighted by atomic mass is 9.95. The molecule has 1 heterocycles. The molecule has 1 aliphatic heterocycles. The van der Waals surface area contributed by atoms with Gasteiger partial charge >= 0.3 is 5.97 Å². The third-order valence-corrected chi connectivity index (χ3v) is 6.26. The fourth-order valence-corrected chi connectivity index (χ4v) is 4.49. The molecule has 4 rings (SSSR count). The first-order valence-corrected chi connectivity index (χ1v) is 13.0. The van der Waals surface area contributed by atoms with E-state index in [0.29, 0.717) is 13.2 Å². The molecule has 0 bridgehead atoms. The summed E-state index contributed by atoms with van der Waals surface area (Å²) in [5, 5.41) is 2.87. The summed E-state index contributed by atoms with van der Waals surface area (Å²) in [5.41, 5.74) is 2.94. The minimum Gasteiger partial charge on any atom is -0.434 e. The minimum atomic E-state index is -1.09. The van der Waals surface area contributed by atoms with Crippen LogP contribution in [0.5, 0.6) is 0 Å². The lowest BCUT2D eigenvalue weighted by Crippen LogP contribution is -2.66. The Labute approximate surface area is 229 Å². The second kappa shape index (κ2) is 14.6. The lowest BCUT2D eigenvalue weighted by molar-refractivity contribution is -0.283. The second-order valence-electron chi connectivity index (χ2n) is 9.40. The van der Waals surface area contributed by atoms with Gasteiger partial charge in [0.05, 0.1) is 26.4 Å². The number of rotatable bonds is 12. The van der Waals surface area contributed by atoms with Crippen molar-refractivity contribution in [1.82, 2.24) is 5.32 Å². The average Bonchev–Trinajstić information content (AvgIpc) is 2.94. The van der Waals surface area contributed by atoms with E-state index in [9.17, 15) is 9.59 Å². The Bertz CT molecular complexity index is 1160. The van der Waals surface area contributed by atoms with Gasteiger partial charge in [-0.15, -0.1) is 0 Å². The van der Waals surface area contributed by atoms with E-state index in [2.05, 4.69) is 5.32 Å². The fraction of sp³-hybridized carbons (Fsp3) is 0.355. The van der Waals surface area contributed by atoms with E-state index in [4.69, 9.17) is 23.7 Å². The molecule has 1 amide bonds. The Morgan fingerprint density at radius 3 is 1.69 bits per heavy atom. The predicted octanol–water partition coefficient (Wildman–Crippen LogP) is 4.17. The summed E-state index contributed by atoms with van der Waals surface area (Å²) in [4.78, 5) is 24.2. The van der Waals surface area contributed by atoms with Crippen molar-refractivity contribution < 1.29 is 33.3 Å². The zero-order chi connectivity index (χ0) is 27.5. The van der Waals surface area contributed by atoms with E-state index in [1.807, 2.05) is 91.0 Å². The first-order chi connectivity index (χ1) is 19.0. The van der Waals surface area contributed by atoms with Gasteiger partial charge in [0.2, 0.25) is 12.2 Å². The van der Waals surface area contributed by atoms with Crippen LogP contribution in [0.4, 0.5) is 0 Å². The molecule has 0 spiro atoms. The number of benzene rings is 3. The summed E-state index contributed by atoms with van der Waals surface area (Å²) in [6, 6.07) is 28.5. The molecule has 0 aromatic heterocycles. The molecule has 1 aliphatic rings. The van der Waals surface area contributed by atoms with Gasteiger partial charge in [0, 0.05) is 13.8 Å². The highest BCUT2D eigenvalue weighted by atomic mass is 16.7. The normalized spacial score (nSPS) is 22.7. The van der Waals surface area contributed by atoms with Gasteiger partial charge in [0.15, 0.2) is 0 Å². The second-order valence-corrected chi connectivity index (χ2v) is 9.40. The van der Waals surface area contributed by atoms with E-state index < -0.39 is 36.6 Å². The van der Waals surface area contributed by atoms with E-state index in [1.165, 1.54) is 13.8 Å². The molecule has 8 heteroatoms. The highest BCUT2D eigenvalue weighted by Gasteiger charge is 2.49. The van der Waals surface area contributed by atoms with Crippen molar-refractivity contribution in [3.63, 3.8) is 0 Å². The third-order valence-electron chi connectivity index (χ3n) is 6.26. The maximum atomic E-state index is 12.2. The number of hydrogen-bond acceptors (Lipinski definition) is 7. The van der Waals surface area contributed by atoms with Crippen LogP contribution in [0, 0.1) is 0 Å². The van der Waals surface area contributed by atoms with Crippen molar-refractivity contribution in [3.05, 3.63) is 108 Å². The van der Waals surface area contributed by atoms with Gasteiger partial charge < -0.3 is 29.0 Å². The number of nitrogens with one attached hydrogen (secondary N) is 1. The maximum absolute atomic E-state index is 12.2. The van der Waals surface area contributed by atoms with Gasteiger partial charge in [-0.25, -0.2) is 0 Å². The molecule has 3 aromatic rings. The molecule has 1 fully saturated rings. The maximum Gasteiger partial charge on any atom is 0.305 e. The predicted molar refractivity (Wildman–Crippen MR) is 144 cm³/mol. The molecule has 0 aliphatic carbocycles. The summed E-state index contributed by atoms with van der Waals surface area (Å²) in [5.74, 6) is -0.848. The molecular formula is C31H35NO7. The van der Waals surface area contributed by atoms with Crippen LogP contribution < -0.4 is 5.32 Å². The van der Waals surface area contributed by atoms with E-state index in [-0.39, 0.29) is 19.1 Å². The van der Waals surface area contributed by atoms with Crippen LogP contribution in [0.2, 0.25) is 0 Å². The zero-order valence-electron chi connectivity index (χ0n) is 22.2. The highest BCUT2D eigenvalue weighted by Crippen LogP contribution is 2.29. The van der Waals surface area contributed by atoms with E-state index in [1.54, 1.807) is 0 Å². The van der Waals surface area contributed by atoms with Crippen LogP contribution in [0.1, 0.15) is 30.5 Å². The number of amides is 1. The largest absolute Gasteiger partial charge is 0.434 e. The quantitative estimate of drug-likeness (QED) is 0.350. The number of carbonyl (C=O) groups is 2. The van der Waals surface area contributed by atoms with Gasteiger partial charge in [0.1, 0.15) is 24.4 Å². The molecule has 2 unspecified atom stereocenters. The molecule has 206 valence electrons. The van der Waals surface area contributed by atoms with Crippen LogP contribution in [0.15, 0.2) is 91.0 Å². The summed E-state index contributed by atoms with van der Waals surface area (Å²) in [6.07, 6.45) is -3.09. The van der Waals surface area contributed by atoms with Gasteiger partial charge in [-0.2, -0.15) is 0 Å². The topological polar surface area (TPSA) is 92.3 Å². The number of hydrogen-bond donors (Lipinski definition) is 1. The van der Waals surface area contributed by atoms with Gasteiger partial charge in [0.25, 0.3) is 0 Å². The smallest absolute Gasteiger partial charge is 0.305 e. The van der Waals surface area contributed by atoms with Crippen molar-refractivity contribution in [1.29, 1.82) is 0 Å². The summed E-state index contributed by atoms with van der Waals surface area (Å²) < 4.78 is 30.7. The Kier molecular flexibility index (Phi) is 10.6. The van der Waals surface area contributed by atoms with Crippen molar-refractivity contribution in [2.45, 2.75) is 64.3 Å². The Morgan fingerprint density at radius 2 is 1.21 bits per heavy atom. The summed E-state index contributed by atoms with van der Waals surface area (Å²) in [6.45, 7) is 3.78. The van der Waals surface area contributed by atoms with Crippen molar-refractivity contribution in [2.75, 3.05) is 6.61 Å². The highest BCUT2D eigenvalue weighted by molar-refractivity contribution is 5.73. The Balaban J connectivity index is 1.60. The molecule has 8 nitrogen and oxygen atoms in total. The lowest BCUT2D eigenvalue weighted by Gasteiger charge is -2.45. The summed E-state index contributed by atoms with van der Waals surface area (Å²) >= 11 is 0. The molecule has 1 saturated heterocycles. The third kappa shape index (κ3) is 8.73. The monoisotopic (exact) mass is 533 g/mol. The van der Waals surface area contributed by atoms with Crippen molar-refractivity contribution in [2.24, 2.45) is 0 Å². The Hall–Kier alpha value is -3.56. The molecular weight excluding hydrogens is 498 g/mol. The Morgan fingerprint density at radius 1 is 0.718 bits per heavy atom. The number of carbonyl (C=O) groups excluding carboxylic acids is 2. The minimum absolute atomic E-state index is 0.157. The SMILES string of the molecule is CC(=O)NC1[C@@H](OC(C)=O)OC(COCc2ccccc2)[C@@H](OCc2ccccc2)[C@H]1OCc1ccccc1. The van der Waals surface area contributed by atoms with Crippen LogP contribution in [0.3, 0.4) is 0 Å². The zero-order valence-corrected chi connectivity index (χ0v) is 22.2. The molecule has 1 N–H and O–H groups in total.